The molecule has 2 saturated heterocycles. The van der Waals surface area contributed by atoms with Gasteiger partial charge in [0, 0.05) is 44.5 Å². The Hall–Kier alpha value is -1.10. The molecular formula is C18H29N3O. The molecule has 4 heteroatoms. The minimum absolute atomic E-state index is 0.365. The Balaban J connectivity index is 1.34. The Bertz CT molecular complexity index is 431. The van der Waals surface area contributed by atoms with Gasteiger partial charge in [0.05, 0.1) is 0 Å². The lowest BCUT2D eigenvalue weighted by Gasteiger charge is -2.31. The fourth-order valence-corrected chi connectivity index (χ4v) is 3.62. The minimum Gasteiger partial charge on any atom is -0.396 e. The van der Waals surface area contributed by atoms with E-state index in [4.69, 9.17) is 0 Å². The zero-order chi connectivity index (χ0) is 15.2. The standard InChI is InChI=1S/C18H29N3O/c22-15-16-6-10-20(11-7-16)13-9-19-17-8-12-21(14-17)18-4-2-1-3-5-18/h1-5,16-17,19,22H,6-15H2/t17-/m0/s1. The van der Waals surface area contributed by atoms with Crippen molar-refractivity contribution in [1.29, 1.82) is 0 Å². The third-order valence-electron chi connectivity index (χ3n) is 5.14. The van der Waals surface area contributed by atoms with Gasteiger partial charge in [-0.3, -0.25) is 0 Å². The topological polar surface area (TPSA) is 38.7 Å². The van der Waals surface area contributed by atoms with Crippen LogP contribution in [0.25, 0.3) is 0 Å². The molecule has 0 aromatic heterocycles. The maximum atomic E-state index is 9.18. The molecule has 2 aliphatic rings. The predicted octanol–water partition coefficient (Wildman–Crippen LogP) is 1.56. The molecule has 2 heterocycles. The average molecular weight is 303 g/mol. The number of nitrogens with one attached hydrogen (secondary N) is 1. The number of anilines is 1. The molecule has 0 amide bonds. The van der Waals surface area contributed by atoms with Crippen molar-refractivity contribution in [1.82, 2.24) is 10.2 Å². The number of hydrogen-bond donors (Lipinski definition) is 2. The van der Waals surface area contributed by atoms with Crippen LogP contribution in [0.2, 0.25) is 0 Å². The molecule has 0 radical (unpaired) electrons. The second-order valence-corrected chi connectivity index (χ2v) is 6.69. The summed E-state index contributed by atoms with van der Waals surface area (Å²) in [4.78, 5) is 5.01. The molecule has 0 saturated carbocycles. The lowest BCUT2D eigenvalue weighted by atomic mass is 9.98. The number of hydrogen-bond acceptors (Lipinski definition) is 4. The number of nitrogens with zero attached hydrogens (tertiary/aromatic N) is 2. The van der Waals surface area contributed by atoms with Crippen LogP contribution in [0, 0.1) is 5.92 Å². The third-order valence-corrected chi connectivity index (χ3v) is 5.14. The fourth-order valence-electron chi connectivity index (χ4n) is 3.62. The first-order valence-electron chi connectivity index (χ1n) is 8.72. The molecule has 0 unspecified atom stereocenters. The maximum Gasteiger partial charge on any atom is 0.0460 e. The molecule has 1 aromatic carbocycles. The van der Waals surface area contributed by atoms with Crippen molar-refractivity contribution in [2.24, 2.45) is 5.92 Å². The van der Waals surface area contributed by atoms with Crippen LogP contribution in [-0.2, 0) is 0 Å². The van der Waals surface area contributed by atoms with Gasteiger partial charge in [0.1, 0.15) is 0 Å². The SMILES string of the molecule is OCC1CCN(CCN[C@H]2CCN(c3ccccc3)C2)CC1. The largest absolute Gasteiger partial charge is 0.396 e. The van der Waals surface area contributed by atoms with Gasteiger partial charge in [-0.15, -0.1) is 0 Å². The highest BCUT2D eigenvalue weighted by Crippen LogP contribution is 2.20. The Morgan fingerprint density at radius 2 is 1.82 bits per heavy atom. The van der Waals surface area contributed by atoms with E-state index in [2.05, 4.69) is 45.4 Å². The minimum atomic E-state index is 0.365. The number of para-hydroxylation sites is 1. The summed E-state index contributed by atoms with van der Waals surface area (Å²) < 4.78 is 0. The molecule has 2 fully saturated rings. The van der Waals surface area contributed by atoms with Crippen LogP contribution in [0.1, 0.15) is 19.3 Å². The van der Waals surface area contributed by atoms with Gasteiger partial charge in [-0.05, 0) is 50.4 Å². The van der Waals surface area contributed by atoms with E-state index in [-0.39, 0.29) is 0 Å². The number of piperidine rings is 1. The lowest BCUT2D eigenvalue weighted by Crippen LogP contribution is -2.42. The third kappa shape index (κ3) is 4.22. The first-order chi connectivity index (χ1) is 10.8. The Kier molecular flexibility index (Phi) is 5.70. The highest BCUT2D eigenvalue weighted by molar-refractivity contribution is 5.47. The van der Waals surface area contributed by atoms with E-state index in [0.29, 0.717) is 18.6 Å². The van der Waals surface area contributed by atoms with Crippen molar-refractivity contribution in [3.8, 4) is 0 Å². The number of benzene rings is 1. The van der Waals surface area contributed by atoms with Gasteiger partial charge in [-0.1, -0.05) is 18.2 Å². The van der Waals surface area contributed by atoms with E-state index < -0.39 is 0 Å². The maximum absolute atomic E-state index is 9.18. The number of rotatable bonds is 6. The Morgan fingerprint density at radius 1 is 1.05 bits per heavy atom. The van der Waals surface area contributed by atoms with Gasteiger partial charge in [0.15, 0.2) is 0 Å². The second kappa shape index (κ2) is 7.95. The Labute approximate surface area is 134 Å². The highest BCUT2D eigenvalue weighted by atomic mass is 16.3. The number of aliphatic hydroxyl groups excluding tert-OH is 1. The first kappa shape index (κ1) is 15.8. The van der Waals surface area contributed by atoms with Crippen LogP contribution >= 0.6 is 0 Å². The normalized spacial score (nSPS) is 24.0. The zero-order valence-electron chi connectivity index (χ0n) is 13.5. The van der Waals surface area contributed by atoms with Crippen LogP contribution in [0.4, 0.5) is 5.69 Å². The molecule has 1 aromatic rings. The van der Waals surface area contributed by atoms with Crippen LogP contribution in [0.15, 0.2) is 30.3 Å². The monoisotopic (exact) mass is 303 g/mol. The van der Waals surface area contributed by atoms with E-state index in [1.54, 1.807) is 0 Å². The van der Waals surface area contributed by atoms with Crippen LogP contribution in [-0.4, -0.2) is 61.9 Å². The molecule has 4 nitrogen and oxygen atoms in total. The smallest absolute Gasteiger partial charge is 0.0460 e. The van der Waals surface area contributed by atoms with Crippen LogP contribution in [0.3, 0.4) is 0 Å². The van der Waals surface area contributed by atoms with E-state index >= 15 is 0 Å². The van der Waals surface area contributed by atoms with E-state index in [1.807, 2.05) is 0 Å². The predicted molar refractivity (Wildman–Crippen MR) is 91.3 cm³/mol. The van der Waals surface area contributed by atoms with Crippen LogP contribution in [0.5, 0.6) is 0 Å². The number of aliphatic hydroxyl groups is 1. The van der Waals surface area contributed by atoms with Crippen LogP contribution < -0.4 is 10.2 Å². The zero-order valence-corrected chi connectivity index (χ0v) is 13.5. The van der Waals surface area contributed by atoms with Gasteiger partial charge in [0.25, 0.3) is 0 Å². The van der Waals surface area contributed by atoms with E-state index in [0.717, 1.165) is 52.1 Å². The van der Waals surface area contributed by atoms with Gasteiger partial charge < -0.3 is 20.2 Å². The van der Waals surface area contributed by atoms with Crippen molar-refractivity contribution in [3.05, 3.63) is 30.3 Å². The van der Waals surface area contributed by atoms with E-state index in [9.17, 15) is 5.11 Å². The Morgan fingerprint density at radius 3 is 2.55 bits per heavy atom. The summed E-state index contributed by atoms with van der Waals surface area (Å²) in [6.45, 7) is 7.15. The summed E-state index contributed by atoms with van der Waals surface area (Å²) >= 11 is 0. The first-order valence-corrected chi connectivity index (χ1v) is 8.72. The molecule has 3 rings (SSSR count). The molecule has 0 spiro atoms. The quantitative estimate of drug-likeness (QED) is 0.836. The van der Waals surface area contributed by atoms with E-state index in [1.165, 1.54) is 12.1 Å². The summed E-state index contributed by atoms with van der Waals surface area (Å²) in [5, 5.41) is 12.9. The molecule has 0 aliphatic carbocycles. The van der Waals surface area contributed by atoms with Crippen molar-refractivity contribution in [2.75, 3.05) is 50.8 Å². The van der Waals surface area contributed by atoms with Gasteiger partial charge >= 0.3 is 0 Å². The summed E-state index contributed by atoms with van der Waals surface area (Å²) in [6, 6.07) is 11.3. The summed E-state index contributed by atoms with van der Waals surface area (Å²) in [5.41, 5.74) is 1.35. The summed E-state index contributed by atoms with van der Waals surface area (Å²) in [5.74, 6) is 0.540. The molecule has 122 valence electrons. The van der Waals surface area contributed by atoms with Gasteiger partial charge in [-0.25, -0.2) is 0 Å². The summed E-state index contributed by atoms with van der Waals surface area (Å²) in [7, 11) is 0. The van der Waals surface area contributed by atoms with Crippen molar-refractivity contribution in [3.63, 3.8) is 0 Å². The molecular weight excluding hydrogens is 274 g/mol. The second-order valence-electron chi connectivity index (χ2n) is 6.69. The highest BCUT2D eigenvalue weighted by Gasteiger charge is 2.22. The molecule has 2 N–H and O–H groups in total. The van der Waals surface area contributed by atoms with Crippen molar-refractivity contribution in [2.45, 2.75) is 25.3 Å². The molecule has 0 bridgehead atoms. The van der Waals surface area contributed by atoms with Gasteiger partial charge in [-0.2, -0.15) is 0 Å². The van der Waals surface area contributed by atoms with Crippen molar-refractivity contribution < 1.29 is 5.11 Å². The molecule has 1 atom stereocenters. The molecule has 2 aliphatic heterocycles. The number of likely N-dealkylation sites (tertiary alicyclic amines) is 1. The van der Waals surface area contributed by atoms with Crippen molar-refractivity contribution >= 4 is 5.69 Å². The summed E-state index contributed by atoms with van der Waals surface area (Å²) in [6.07, 6.45) is 3.55. The molecule has 22 heavy (non-hydrogen) atoms. The lowest BCUT2D eigenvalue weighted by molar-refractivity contribution is 0.131. The fraction of sp³-hybridized carbons (Fsp3) is 0.667. The van der Waals surface area contributed by atoms with Gasteiger partial charge in [0.2, 0.25) is 0 Å². The average Bonchev–Trinajstić information content (AvgIpc) is 3.05.